The van der Waals surface area contributed by atoms with Gasteiger partial charge in [0.2, 0.25) is 17.7 Å². The summed E-state index contributed by atoms with van der Waals surface area (Å²) >= 11 is 0. The van der Waals surface area contributed by atoms with Crippen LogP contribution in [-0.2, 0) is 14.4 Å². The van der Waals surface area contributed by atoms with E-state index in [1.807, 2.05) is 19.2 Å². The van der Waals surface area contributed by atoms with E-state index in [-0.39, 0.29) is 55.6 Å². The van der Waals surface area contributed by atoms with E-state index in [0.717, 1.165) is 25.9 Å². The zero-order valence-corrected chi connectivity index (χ0v) is 15.7. The third kappa shape index (κ3) is 4.53. The minimum absolute atomic E-state index is 0. The average Bonchev–Trinajstić information content (AvgIpc) is 2.65. The lowest BCUT2D eigenvalue weighted by Gasteiger charge is -2.32. The Kier molecular flexibility index (Phi) is 6.99. The van der Waals surface area contributed by atoms with Gasteiger partial charge in [-0.2, -0.15) is 0 Å². The van der Waals surface area contributed by atoms with Gasteiger partial charge in [0.15, 0.2) is 0 Å². The number of para-hydroxylation sites is 2. The first-order chi connectivity index (χ1) is 12.1. The second-order valence-corrected chi connectivity index (χ2v) is 6.53. The van der Waals surface area contributed by atoms with E-state index in [1.54, 1.807) is 17.0 Å². The minimum Gasteiger partial charge on any atom is -0.343 e. The number of anilines is 2. The second-order valence-electron chi connectivity index (χ2n) is 6.53. The Morgan fingerprint density at radius 1 is 1.19 bits per heavy atom. The predicted molar refractivity (Wildman–Crippen MR) is 103 cm³/mol. The maximum atomic E-state index is 12.6. The zero-order valence-electron chi connectivity index (χ0n) is 14.9. The topological polar surface area (TPSA) is 81.8 Å². The van der Waals surface area contributed by atoms with E-state index in [4.69, 9.17) is 0 Å². The monoisotopic (exact) mass is 380 g/mol. The molecule has 2 N–H and O–H groups in total. The highest BCUT2D eigenvalue weighted by Crippen LogP contribution is 2.29. The van der Waals surface area contributed by atoms with Gasteiger partial charge in [0.05, 0.1) is 11.4 Å². The van der Waals surface area contributed by atoms with E-state index in [0.29, 0.717) is 11.4 Å². The molecule has 0 aliphatic carbocycles. The second kappa shape index (κ2) is 9.00. The molecule has 0 spiro atoms. The van der Waals surface area contributed by atoms with Crippen LogP contribution in [0.1, 0.15) is 25.7 Å². The zero-order chi connectivity index (χ0) is 17.8. The molecule has 2 aliphatic rings. The number of nitrogens with zero attached hydrogens (tertiary/aromatic N) is 2. The number of hydrogen-bond donors (Lipinski definition) is 2. The minimum atomic E-state index is -0.217. The van der Waals surface area contributed by atoms with Crippen molar-refractivity contribution in [2.75, 3.05) is 36.9 Å². The molecule has 26 heavy (non-hydrogen) atoms. The van der Waals surface area contributed by atoms with Crippen LogP contribution in [0.2, 0.25) is 0 Å². The van der Waals surface area contributed by atoms with Crippen molar-refractivity contribution in [1.82, 2.24) is 10.2 Å². The van der Waals surface area contributed by atoms with Crippen molar-refractivity contribution >= 4 is 41.5 Å². The molecule has 7 nitrogen and oxygen atoms in total. The first-order valence-corrected chi connectivity index (χ1v) is 8.72. The Hall–Kier alpha value is -2.12. The molecule has 0 bridgehead atoms. The van der Waals surface area contributed by atoms with Crippen LogP contribution in [0.5, 0.6) is 0 Å². The van der Waals surface area contributed by atoms with Crippen LogP contribution in [0, 0.1) is 0 Å². The molecule has 8 heteroatoms. The van der Waals surface area contributed by atoms with Crippen molar-refractivity contribution in [1.29, 1.82) is 0 Å². The van der Waals surface area contributed by atoms with Crippen LogP contribution < -0.4 is 15.5 Å². The van der Waals surface area contributed by atoms with Crippen LogP contribution in [0.25, 0.3) is 0 Å². The van der Waals surface area contributed by atoms with Crippen LogP contribution in [0.15, 0.2) is 24.3 Å². The largest absolute Gasteiger partial charge is 0.343 e. The van der Waals surface area contributed by atoms with E-state index < -0.39 is 0 Å². The maximum Gasteiger partial charge on any atom is 0.244 e. The summed E-state index contributed by atoms with van der Waals surface area (Å²) in [4.78, 5) is 40.0. The predicted octanol–water partition coefficient (Wildman–Crippen LogP) is 1.38. The lowest BCUT2D eigenvalue weighted by Crippen LogP contribution is -2.45. The van der Waals surface area contributed by atoms with Gasteiger partial charge in [-0.1, -0.05) is 12.1 Å². The third-order valence-corrected chi connectivity index (χ3v) is 4.87. The average molecular weight is 381 g/mol. The molecular weight excluding hydrogens is 356 g/mol. The molecule has 0 atom stereocenters. The Morgan fingerprint density at radius 3 is 2.62 bits per heavy atom. The summed E-state index contributed by atoms with van der Waals surface area (Å²) in [7, 11) is 1.81. The van der Waals surface area contributed by atoms with Crippen molar-refractivity contribution in [3.63, 3.8) is 0 Å². The number of rotatable bonds is 4. The van der Waals surface area contributed by atoms with Crippen LogP contribution in [0.4, 0.5) is 11.4 Å². The first-order valence-electron chi connectivity index (χ1n) is 8.72. The van der Waals surface area contributed by atoms with E-state index in [1.165, 1.54) is 4.90 Å². The molecule has 2 heterocycles. The highest BCUT2D eigenvalue weighted by Gasteiger charge is 2.28. The molecule has 3 amide bonds. The molecule has 1 aromatic rings. The number of nitrogens with one attached hydrogen (secondary N) is 2. The van der Waals surface area contributed by atoms with Gasteiger partial charge >= 0.3 is 0 Å². The Labute approximate surface area is 159 Å². The highest BCUT2D eigenvalue weighted by molar-refractivity contribution is 6.10. The summed E-state index contributed by atoms with van der Waals surface area (Å²) in [6.07, 6.45) is 2.15. The normalized spacial score (nSPS) is 17.0. The Morgan fingerprint density at radius 2 is 1.88 bits per heavy atom. The van der Waals surface area contributed by atoms with Gasteiger partial charge in [0.25, 0.3) is 0 Å². The fourth-order valence-electron chi connectivity index (χ4n) is 3.38. The van der Waals surface area contributed by atoms with Crippen molar-refractivity contribution in [2.24, 2.45) is 0 Å². The summed E-state index contributed by atoms with van der Waals surface area (Å²) in [5.74, 6) is -0.436. The molecule has 0 aromatic heterocycles. The Balaban J connectivity index is 0.00000243. The summed E-state index contributed by atoms with van der Waals surface area (Å²) in [5.41, 5.74) is 1.32. The number of hydrogen-bond acceptors (Lipinski definition) is 4. The van der Waals surface area contributed by atoms with Gasteiger partial charge in [0, 0.05) is 25.9 Å². The van der Waals surface area contributed by atoms with Gasteiger partial charge in [-0.15, -0.1) is 12.4 Å². The van der Waals surface area contributed by atoms with Gasteiger partial charge < -0.3 is 20.4 Å². The van der Waals surface area contributed by atoms with Crippen molar-refractivity contribution < 1.29 is 14.4 Å². The van der Waals surface area contributed by atoms with Crippen LogP contribution in [0.3, 0.4) is 0 Å². The third-order valence-electron chi connectivity index (χ3n) is 4.87. The van der Waals surface area contributed by atoms with Crippen molar-refractivity contribution in [3.8, 4) is 0 Å². The SMILES string of the molecule is CN(C(=O)CCC(=O)N1CC(=O)Nc2ccccc21)C1CCNCC1.Cl. The van der Waals surface area contributed by atoms with Gasteiger partial charge in [0.1, 0.15) is 6.54 Å². The molecular formula is C18H25ClN4O3. The van der Waals surface area contributed by atoms with Crippen molar-refractivity contribution in [2.45, 2.75) is 31.7 Å². The Bertz CT molecular complexity index is 676. The van der Waals surface area contributed by atoms with E-state index in [9.17, 15) is 14.4 Å². The van der Waals surface area contributed by atoms with Gasteiger partial charge in [-0.05, 0) is 38.1 Å². The molecule has 1 fully saturated rings. The summed E-state index contributed by atoms with van der Waals surface area (Å²) in [5, 5.41) is 6.04. The standard InChI is InChI=1S/C18H24N4O3.ClH/c1-21(13-8-10-19-11-9-13)17(24)6-7-18(25)22-12-16(23)20-14-4-2-3-5-15(14)22;/h2-5,13,19H,6-12H2,1H3,(H,20,23);1H. The summed E-state index contributed by atoms with van der Waals surface area (Å²) in [6, 6.07) is 7.45. The van der Waals surface area contributed by atoms with Gasteiger partial charge in [-0.25, -0.2) is 0 Å². The highest BCUT2D eigenvalue weighted by atomic mass is 35.5. The number of carbonyl (C=O) groups excluding carboxylic acids is 3. The molecule has 1 saturated heterocycles. The first kappa shape index (κ1) is 20.2. The fourth-order valence-corrected chi connectivity index (χ4v) is 3.38. The van der Waals surface area contributed by atoms with Crippen LogP contribution in [-0.4, -0.2) is 55.3 Å². The van der Waals surface area contributed by atoms with Crippen molar-refractivity contribution in [3.05, 3.63) is 24.3 Å². The lowest BCUT2D eigenvalue weighted by atomic mass is 10.0. The molecule has 0 saturated carbocycles. The van der Waals surface area contributed by atoms with Gasteiger partial charge in [-0.3, -0.25) is 14.4 Å². The number of fused-ring (bicyclic) bond motifs is 1. The molecule has 0 unspecified atom stereocenters. The molecule has 3 rings (SSSR count). The molecule has 142 valence electrons. The van der Waals surface area contributed by atoms with E-state index >= 15 is 0 Å². The number of halogens is 1. The number of benzene rings is 1. The number of piperidine rings is 1. The summed E-state index contributed by atoms with van der Waals surface area (Å²) < 4.78 is 0. The quantitative estimate of drug-likeness (QED) is 0.826. The lowest BCUT2D eigenvalue weighted by molar-refractivity contribution is -0.134. The van der Waals surface area contributed by atoms with E-state index in [2.05, 4.69) is 10.6 Å². The molecule has 1 aromatic carbocycles. The fraction of sp³-hybridized carbons (Fsp3) is 0.500. The molecule has 2 aliphatic heterocycles. The van der Waals surface area contributed by atoms with Crippen LogP contribution >= 0.6 is 12.4 Å². The molecule has 0 radical (unpaired) electrons. The smallest absolute Gasteiger partial charge is 0.244 e. The number of amides is 3. The summed E-state index contributed by atoms with van der Waals surface area (Å²) in [6.45, 7) is 1.83. The number of carbonyl (C=O) groups is 3. The maximum absolute atomic E-state index is 12.6.